The normalized spacial score (nSPS) is 20.7. The number of rotatable bonds is 2. The SMILES string of the molecule is CC(=O)OC1=C(N2CCCCCC2=O)c2sccc2OC1(C)C. The Hall–Kier alpha value is -1.82. The molecule has 1 fully saturated rings. The van der Waals surface area contributed by atoms with Crippen LogP contribution in [0.5, 0.6) is 5.75 Å². The highest BCUT2D eigenvalue weighted by atomic mass is 32.1. The maximum atomic E-state index is 12.6. The summed E-state index contributed by atoms with van der Waals surface area (Å²) in [5.41, 5.74) is -0.102. The van der Waals surface area contributed by atoms with Gasteiger partial charge in [0.15, 0.2) is 11.4 Å². The lowest BCUT2D eigenvalue weighted by atomic mass is 10.00. The van der Waals surface area contributed by atoms with E-state index in [9.17, 15) is 9.59 Å². The zero-order chi connectivity index (χ0) is 16.6. The second-order valence-corrected chi connectivity index (χ2v) is 7.27. The van der Waals surface area contributed by atoms with Gasteiger partial charge in [-0.25, -0.2) is 0 Å². The van der Waals surface area contributed by atoms with Gasteiger partial charge in [0.25, 0.3) is 0 Å². The third kappa shape index (κ3) is 3.00. The van der Waals surface area contributed by atoms with Gasteiger partial charge >= 0.3 is 5.97 Å². The molecule has 2 aliphatic heterocycles. The molecule has 1 aromatic heterocycles. The molecule has 3 heterocycles. The standard InChI is InChI=1S/C17H21NO4S/c1-11(19)21-16-14(18-9-6-4-5-7-13(18)20)15-12(8-10-23-15)22-17(16,2)3/h8,10H,4-7,9H2,1-3H3. The van der Waals surface area contributed by atoms with E-state index in [2.05, 4.69) is 0 Å². The van der Waals surface area contributed by atoms with Crippen LogP contribution in [0.4, 0.5) is 0 Å². The number of amides is 1. The Morgan fingerprint density at radius 3 is 2.87 bits per heavy atom. The fourth-order valence-corrected chi connectivity index (χ4v) is 3.91. The van der Waals surface area contributed by atoms with E-state index in [0.717, 1.165) is 29.9 Å². The Bertz CT molecular complexity index is 674. The van der Waals surface area contributed by atoms with Crippen molar-refractivity contribution in [3.63, 3.8) is 0 Å². The molecule has 0 N–H and O–H groups in total. The molecule has 2 aliphatic rings. The number of carbonyl (C=O) groups excluding carboxylic acids is 2. The summed E-state index contributed by atoms with van der Waals surface area (Å²) >= 11 is 1.50. The van der Waals surface area contributed by atoms with E-state index in [-0.39, 0.29) is 5.91 Å². The van der Waals surface area contributed by atoms with Gasteiger partial charge in [0.05, 0.1) is 4.88 Å². The molecule has 0 spiro atoms. The predicted octanol–water partition coefficient (Wildman–Crippen LogP) is 3.55. The highest BCUT2D eigenvalue weighted by Gasteiger charge is 2.42. The molecule has 0 saturated carbocycles. The summed E-state index contributed by atoms with van der Waals surface area (Å²) in [5, 5.41) is 1.93. The molecular weight excluding hydrogens is 314 g/mol. The summed E-state index contributed by atoms with van der Waals surface area (Å²) in [7, 11) is 0. The predicted molar refractivity (Wildman–Crippen MR) is 87.9 cm³/mol. The van der Waals surface area contributed by atoms with E-state index in [4.69, 9.17) is 9.47 Å². The van der Waals surface area contributed by atoms with Crippen LogP contribution in [0.1, 0.15) is 51.3 Å². The van der Waals surface area contributed by atoms with Crippen LogP contribution in [-0.2, 0) is 14.3 Å². The number of nitrogens with zero attached hydrogens (tertiary/aromatic N) is 1. The van der Waals surface area contributed by atoms with E-state index in [0.29, 0.717) is 24.4 Å². The second kappa shape index (κ2) is 6.00. The van der Waals surface area contributed by atoms with Crippen LogP contribution in [0.3, 0.4) is 0 Å². The third-order valence-corrected chi connectivity index (χ3v) is 4.96. The van der Waals surface area contributed by atoms with Crippen molar-refractivity contribution in [3.8, 4) is 5.75 Å². The lowest BCUT2D eigenvalue weighted by Gasteiger charge is -2.37. The summed E-state index contributed by atoms with van der Waals surface area (Å²) in [6.45, 7) is 5.73. The molecule has 3 rings (SSSR count). The molecule has 0 aliphatic carbocycles. The zero-order valence-electron chi connectivity index (χ0n) is 13.7. The van der Waals surface area contributed by atoms with Crippen molar-refractivity contribution in [2.24, 2.45) is 0 Å². The van der Waals surface area contributed by atoms with Gasteiger partial charge in [-0.1, -0.05) is 6.42 Å². The van der Waals surface area contributed by atoms with Gasteiger partial charge in [-0.15, -0.1) is 11.3 Å². The minimum Gasteiger partial charge on any atom is -0.478 e. The van der Waals surface area contributed by atoms with Crippen LogP contribution < -0.4 is 4.74 Å². The summed E-state index contributed by atoms with van der Waals surface area (Å²) in [4.78, 5) is 26.9. The van der Waals surface area contributed by atoms with Crippen LogP contribution in [0.25, 0.3) is 5.70 Å². The lowest BCUT2D eigenvalue weighted by molar-refractivity contribution is -0.140. The largest absolute Gasteiger partial charge is 0.478 e. The molecule has 0 atom stereocenters. The van der Waals surface area contributed by atoms with E-state index >= 15 is 0 Å². The number of carbonyl (C=O) groups is 2. The number of thiophene rings is 1. The maximum absolute atomic E-state index is 12.6. The monoisotopic (exact) mass is 335 g/mol. The van der Waals surface area contributed by atoms with Gasteiger partial charge in [0.2, 0.25) is 5.91 Å². The van der Waals surface area contributed by atoms with Crippen molar-refractivity contribution in [1.29, 1.82) is 0 Å². The van der Waals surface area contributed by atoms with Gasteiger partial charge in [-0.3, -0.25) is 9.59 Å². The summed E-state index contributed by atoms with van der Waals surface area (Å²) in [6.07, 6.45) is 3.42. The summed E-state index contributed by atoms with van der Waals surface area (Å²) < 4.78 is 11.5. The Kier molecular flexibility index (Phi) is 4.19. The topological polar surface area (TPSA) is 55.8 Å². The molecular formula is C17H21NO4S. The number of hydrogen-bond acceptors (Lipinski definition) is 5. The minimum atomic E-state index is -0.804. The molecule has 0 aromatic carbocycles. The molecule has 1 saturated heterocycles. The Morgan fingerprint density at radius 2 is 2.13 bits per heavy atom. The minimum absolute atomic E-state index is 0.0826. The lowest BCUT2D eigenvalue weighted by Crippen LogP contribution is -2.41. The molecule has 1 amide bonds. The van der Waals surface area contributed by atoms with Crippen LogP contribution in [0, 0.1) is 0 Å². The van der Waals surface area contributed by atoms with E-state index in [1.54, 1.807) is 4.90 Å². The third-order valence-electron chi connectivity index (χ3n) is 4.06. The first kappa shape index (κ1) is 16.1. The van der Waals surface area contributed by atoms with E-state index < -0.39 is 11.6 Å². The Balaban J connectivity index is 2.17. The fraction of sp³-hybridized carbons (Fsp3) is 0.529. The zero-order valence-corrected chi connectivity index (χ0v) is 14.5. The quantitative estimate of drug-likeness (QED) is 0.776. The summed E-state index contributed by atoms with van der Waals surface area (Å²) in [5.74, 6) is 0.841. The number of likely N-dealkylation sites (tertiary alicyclic amines) is 1. The van der Waals surface area contributed by atoms with E-state index in [1.165, 1.54) is 18.3 Å². The van der Waals surface area contributed by atoms with Crippen molar-refractivity contribution in [1.82, 2.24) is 4.90 Å². The number of hydrogen-bond donors (Lipinski definition) is 0. The first-order chi connectivity index (χ1) is 10.9. The van der Waals surface area contributed by atoms with Gasteiger partial charge in [0, 0.05) is 19.9 Å². The first-order valence-electron chi connectivity index (χ1n) is 7.90. The Labute approximate surface area is 139 Å². The van der Waals surface area contributed by atoms with E-state index in [1.807, 2.05) is 25.3 Å². The van der Waals surface area contributed by atoms with Crippen LogP contribution in [0.15, 0.2) is 17.2 Å². The molecule has 6 heteroatoms. The van der Waals surface area contributed by atoms with Gasteiger partial charge in [0.1, 0.15) is 11.4 Å². The van der Waals surface area contributed by atoms with Gasteiger partial charge in [-0.05, 0) is 38.1 Å². The Morgan fingerprint density at radius 1 is 1.35 bits per heavy atom. The molecule has 1 aromatic rings. The van der Waals surface area contributed by atoms with Crippen molar-refractivity contribution in [3.05, 3.63) is 22.1 Å². The number of esters is 1. The van der Waals surface area contributed by atoms with Gasteiger partial charge in [-0.2, -0.15) is 0 Å². The van der Waals surface area contributed by atoms with Crippen molar-refractivity contribution < 1.29 is 19.1 Å². The van der Waals surface area contributed by atoms with Gasteiger partial charge < -0.3 is 14.4 Å². The number of ether oxygens (including phenoxy) is 2. The van der Waals surface area contributed by atoms with Crippen molar-refractivity contribution in [2.75, 3.05) is 6.54 Å². The van der Waals surface area contributed by atoms with Crippen LogP contribution in [0.2, 0.25) is 0 Å². The fourth-order valence-electron chi connectivity index (χ4n) is 3.04. The molecule has 0 unspecified atom stereocenters. The molecule has 0 radical (unpaired) electrons. The van der Waals surface area contributed by atoms with Crippen molar-refractivity contribution >= 4 is 28.9 Å². The highest BCUT2D eigenvalue weighted by molar-refractivity contribution is 7.11. The van der Waals surface area contributed by atoms with Crippen LogP contribution in [-0.4, -0.2) is 28.9 Å². The van der Waals surface area contributed by atoms with Crippen molar-refractivity contribution in [2.45, 2.75) is 52.1 Å². The average Bonchev–Trinajstić information content (AvgIpc) is 2.80. The molecule has 5 nitrogen and oxygen atoms in total. The average molecular weight is 335 g/mol. The summed E-state index contributed by atoms with van der Waals surface area (Å²) in [6, 6.07) is 1.90. The maximum Gasteiger partial charge on any atom is 0.307 e. The molecule has 23 heavy (non-hydrogen) atoms. The van der Waals surface area contributed by atoms with Crippen LogP contribution >= 0.6 is 11.3 Å². The first-order valence-corrected chi connectivity index (χ1v) is 8.78. The molecule has 124 valence electrons. The highest BCUT2D eigenvalue weighted by Crippen LogP contribution is 2.46. The number of fused-ring (bicyclic) bond motifs is 1. The smallest absolute Gasteiger partial charge is 0.307 e. The second-order valence-electron chi connectivity index (χ2n) is 6.35. The molecule has 0 bridgehead atoms.